The van der Waals surface area contributed by atoms with Gasteiger partial charge in [0.1, 0.15) is 5.75 Å². The predicted octanol–water partition coefficient (Wildman–Crippen LogP) is -0.596. The lowest BCUT2D eigenvalue weighted by molar-refractivity contribution is -0.115. The van der Waals surface area contributed by atoms with E-state index in [1.54, 1.807) is 18.2 Å². The van der Waals surface area contributed by atoms with Gasteiger partial charge in [-0.25, -0.2) is 13.4 Å². The molecule has 7 nitrogen and oxygen atoms in total. The first-order valence-electron chi connectivity index (χ1n) is 4.65. The fraction of sp³-hybridized carbons (Fsp3) is 0.111. The van der Waals surface area contributed by atoms with Crippen LogP contribution in [-0.4, -0.2) is 30.0 Å². The average molecular weight is 254 g/mol. The van der Waals surface area contributed by atoms with Crippen LogP contribution in [0.2, 0.25) is 0 Å². The van der Waals surface area contributed by atoms with Crippen LogP contribution in [0.3, 0.4) is 0 Å². The maximum atomic E-state index is 11.7. The summed E-state index contributed by atoms with van der Waals surface area (Å²) in [5.74, 6) is -1.70. The molecule has 2 aromatic rings. The molecule has 0 aliphatic heterocycles. The number of primary amides is 1. The monoisotopic (exact) mass is 254 g/mol. The highest BCUT2D eigenvalue weighted by molar-refractivity contribution is 7.91. The molecular weight excluding hydrogens is 244 g/mol. The molecule has 0 saturated carbocycles. The highest BCUT2D eigenvalue weighted by atomic mass is 32.2. The number of nitrogens with one attached hydrogen (secondary N) is 1. The van der Waals surface area contributed by atoms with E-state index >= 15 is 0 Å². The van der Waals surface area contributed by atoms with Gasteiger partial charge in [-0.1, -0.05) is 0 Å². The van der Waals surface area contributed by atoms with Crippen LogP contribution in [-0.2, 0) is 14.6 Å². The molecule has 0 spiro atoms. The first-order chi connectivity index (χ1) is 7.88. The van der Waals surface area contributed by atoms with Gasteiger partial charge < -0.3 is 16.5 Å². The number of nitrogen functional groups attached to an aromatic ring is 1. The van der Waals surface area contributed by atoms with E-state index in [0.29, 0.717) is 16.7 Å². The van der Waals surface area contributed by atoms with Gasteiger partial charge in [-0.05, 0) is 18.2 Å². The minimum atomic E-state index is -3.82. The fourth-order valence-corrected chi connectivity index (χ4v) is 2.42. The number of rotatable bonds is 3. The third-order valence-corrected chi connectivity index (χ3v) is 3.56. The molecule has 0 atom stereocenters. The number of aromatic nitrogens is 2. The summed E-state index contributed by atoms with van der Waals surface area (Å²) in [6.45, 7) is 0. The van der Waals surface area contributed by atoms with Crippen LogP contribution >= 0.6 is 0 Å². The van der Waals surface area contributed by atoms with Gasteiger partial charge in [-0.3, -0.25) is 4.79 Å². The Balaban J connectivity index is 2.53. The van der Waals surface area contributed by atoms with Crippen molar-refractivity contribution in [1.82, 2.24) is 9.97 Å². The van der Waals surface area contributed by atoms with Crippen molar-refractivity contribution >= 4 is 32.5 Å². The molecule has 0 unspecified atom stereocenters. The van der Waals surface area contributed by atoms with Gasteiger partial charge in [-0.15, -0.1) is 0 Å². The Labute approximate surface area is 96.7 Å². The second kappa shape index (κ2) is 3.74. The van der Waals surface area contributed by atoms with Crippen molar-refractivity contribution in [3.05, 3.63) is 18.2 Å². The molecule has 1 aromatic heterocycles. The quantitative estimate of drug-likeness (QED) is 0.629. The number of sulfone groups is 1. The number of nitrogens with two attached hydrogens (primary N) is 2. The number of carbonyl (C=O) groups excluding carboxylic acids is 1. The molecule has 17 heavy (non-hydrogen) atoms. The Hall–Kier alpha value is -2.09. The maximum Gasteiger partial charge on any atom is 0.233 e. The molecule has 0 radical (unpaired) electrons. The van der Waals surface area contributed by atoms with E-state index in [2.05, 4.69) is 9.97 Å². The summed E-state index contributed by atoms with van der Waals surface area (Å²) in [4.78, 5) is 17.1. The van der Waals surface area contributed by atoms with Crippen molar-refractivity contribution in [3.63, 3.8) is 0 Å². The fourth-order valence-electron chi connectivity index (χ4n) is 1.41. The number of hydrogen-bond acceptors (Lipinski definition) is 5. The molecule has 2 rings (SSSR count). The van der Waals surface area contributed by atoms with Crippen molar-refractivity contribution in [3.8, 4) is 0 Å². The molecular formula is C9H10N4O3S. The minimum Gasteiger partial charge on any atom is -0.399 e. The van der Waals surface area contributed by atoms with Gasteiger partial charge in [0.2, 0.25) is 20.9 Å². The SMILES string of the molecule is NC(=O)CS(=O)(=O)c1nc2ccc(N)cc2[nH]1. The largest absolute Gasteiger partial charge is 0.399 e. The van der Waals surface area contributed by atoms with Crippen LogP contribution in [0.15, 0.2) is 23.4 Å². The zero-order valence-corrected chi connectivity index (χ0v) is 9.49. The van der Waals surface area contributed by atoms with Crippen molar-refractivity contribution in [2.75, 3.05) is 11.5 Å². The van der Waals surface area contributed by atoms with Crippen LogP contribution < -0.4 is 11.5 Å². The summed E-state index contributed by atoms with van der Waals surface area (Å²) >= 11 is 0. The Bertz CT molecular complexity index is 689. The number of aromatic amines is 1. The molecule has 1 aromatic carbocycles. The van der Waals surface area contributed by atoms with Crippen LogP contribution in [0.25, 0.3) is 11.0 Å². The molecule has 0 aliphatic rings. The van der Waals surface area contributed by atoms with Gasteiger partial charge in [0.15, 0.2) is 0 Å². The zero-order valence-electron chi connectivity index (χ0n) is 8.67. The lowest BCUT2D eigenvalue weighted by Gasteiger charge is -1.95. The number of carbonyl (C=O) groups is 1. The summed E-state index contributed by atoms with van der Waals surface area (Å²) in [5, 5.41) is -0.281. The average Bonchev–Trinajstić information content (AvgIpc) is 2.58. The number of amides is 1. The summed E-state index contributed by atoms with van der Waals surface area (Å²) in [7, 11) is -3.82. The molecule has 0 fully saturated rings. The lowest BCUT2D eigenvalue weighted by Crippen LogP contribution is -2.23. The highest BCUT2D eigenvalue weighted by Gasteiger charge is 2.21. The van der Waals surface area contributed by atoms with E-state index in [1.807, 2.05) is 0 Å². The standard InChI is InChI=1S/C9H10N4O3S/c10-5-1-2-6-7(3-5)13-9(12-6)17(15,16)4-8(11)14/h1-3H,4,10H2,(H2,11,14)(H,12,13). The Morgan fingerprint density at radius 2 is 2.12 bits per heavy atom. The smallest absolute Gasteiger partial charge is 0.233 e. The molecule has 0 saturated heterocycles. The lowest BCUT2D eigenvalue weighted by atomic mass is 10.3. The molecule has 0 bridgehead atoms. The number of H-pyrrole nitrogens is 1. The zero-order chi connectivity index (χ0) is 12.6. The number of hydrogen-bond donors (Lipinski definition) is 3. The highest BCUT2D eigenvalue weighted by Crippen LogP contribution is 2.17. The van der Waals surface area contributed by atoms with Gasteiger partial charge >= 0.3 is 0 Å². The van der Waals surface area contributed by atoms with Crippen LogP contribution in [0.5, 0.6) is 0 Å². The molecule has 90 valence electrons. The van der Waals surface area contributed by atoms with Crippen molar-refractivity contribution in [1.29, 1.82) is 0 Å². The van der Waals surface area contributed by atoms with Gasteiger partial charge in [-0.2, -0.15) is 0 Å². The molecule has 5 N–H and O–H groups in total. The second-order valence-electron chi connectivity index (χ2n) is 3.54. The molecule has 1 heterocycles. The molecule has 1 amide bonds. The van der Waals surface area contributed by atoms with Crippen LogP contribution in [0.1, 0.15) is 0 Å². The van der Waals surface area contributed by atoms with Gasteiger partial charge in [0, 0.05) is 5.69 Å². The minimum absolute atomic E-state index is 0.281. The van der Waals surface area contributed by atoms with Gasteiger partial charge in [0.25, 0.3) is 0 Å². The van der Waals surface area contributed by atoms with E-state index in [0.717, 1.165) is 0 Å². The Morgan fingerprint density at radius 3 is 2.76 bits per heavy atom. The number of anilines is 1. The van der Waals surface area contributed by atoms with Gasteiger partial charge in [0.05, 0.1) is 11.0 Å². The van der Waals surface area contributed by atoms with Crippen molar-refractivity contribution in [2.45, 2.75) is 5.16 Å². The van der Waals surface area contributed by atoms with Crippen LogP contribution in [0, 0.1) is 0 Å². The van der Waals surface area contributed by atoms with E-state index in [9.17, 15) is 13.2 Å². The summed E-state index contributed by atoms with van der Waals surface area (Å²) in [6, 6.07) is 4.75. The Morgan fingerprint density at radius 1 is 1.41 bits per heavy atom. The first-order valence-corrected chi connectivity index (χ1v) is 6.30. The topological polar surface area (TPSA) is 132 Å². The normalized spacial score (nSPS) is 11.8. The summed E-state index contributed by atoms with van der Waals surface area (Å²) < 4.78 is 23.3. The number of fused-ring (bicyclic) bond motifs is 1. The van der Waals surface area contributed by atoms with Crippen molar-refractivity contribution < 1.29 is 13.2 Å². The maximum absolute atomic E-state index is 11.7. The first kappa shape index (κ1) is 11.4. The van der Waals surface area contributed by atoms with E-state index in [-0.39, 0.29) is 5.16 Å². The van der Waals surface area contributed by atoms with Crippen molar-refractivity contribution in [2.24, 2.45) is 5.73 Å². The number of nitrogens with zero attached hydrogens (tertiary/aromatic N) is 1. The third-order valence-electron chi connectivity index (χ3n) is 2.11. The van der Waals surface area contributed by atoms with E-state index in [4.69, 9.17) is 11.5 Å². The van der Waals surface area contributed by atoms with E-state index < -0.39 is 21.5 Å². The summed E-state index contributed by atoms with van der Waals surface area (Å²) in [6.07, 6.45) is 0. The molecule has 0 aliphatic carbocycles. The van der Waals surface area contributed by atoms with Crippen LogP contribution in [0.4, 0.5) is 5.69 Å². The number of benzene rings is 1. The second-order valence-corrected chi connectivity index (χ2v) is 5.45. The number of imidazole rings is 1. The Kier molecular flexibility index (Phi) is 2.50. The van der Waals surface area contributed by atoms with E-state index in [1.165, 1.54) is 0 Å². The third kappa shape index (κ3) is 2.21. The predicted molar refractivity (Wildman–Crippen MR) is 61.8 cm³/mol. The molecule has 8 heteroatoms. The summed E-state index contributed by atoms with van der Waals surface area (Å²) in [5.41, 5.74) is 11.8.